The highest BCUT2D eigenvalue weighted by Gasteiger charge is 2.34. The molecule has 29 heavy (non-hydrogen) atoms. The van der Waals surface area contributed by atoms with E-state index in [4.69, 9.17) is 11.6 Å². The van der Waals surface area contributed by atoms with Crippen molar-refractivity contribution in [2.75, 3.05) is 16.0 Å². The number of amides is 2. The number of nitrogens with one attached hydrogen (secondary N) is 2. The Morgan fingerprint density at radius 1 is 1.24 bits per heavy atom. The van der Waals surface area contributed by atoms with E-state index in [-0.39, 0.29) is 23.5 Å². The van der Waals surface area contributed by atoms with Gasteiger partial charge in [-0.25, -0.2) is 0 Å². The summed E-state index contributed by atoms with van der Waals surface area (Å²) in [4.78, 5) is 26.4. The molecule has 0 spiro atoms. The van der Waals surface area contributed by atoms with Gasteiger partial charge in [-0.15, -0.1) is 11.8 Å². The summed E-state index contributed by atoms with van der Waals surface area (Å²) in [6.45, 7) is 3.64. The summed E-state index contributed by atoms with van der Waals surface area (Å²) in [5.41, 5.74) is 1.85. The monoisotopic (exact) mass is 431 g/mol. The van der Waals surface area contributed by atoms with E-state index in [2.05, 4.69) is 10.6 Å². The molecule has 1 atom stereocenters. The summed E-state index contributed by atoms with van der Waals surface area (Å²) in [6.07, 6.45) is 0.396. The van der Waals surface area contributed by atoms with E-state index in [1.165, 1.54) is 11.8 Å². The van der Waals surface area contributed by atoms with Crippen LogP contribution in [0.25, 0.3) is 0 Å². The molecule has 1 aliphatic heterocycles. The molecule has 0 saturated heterocycles. The second-order valence-electron chi connectivity index (χ2n) is 6.46. The van der Waals surface area contributed by atoms with Gasteiger partial charge in [-0.1, -0.05) is 42.8 Å². The fourth-order valence-electron chi connectivity index (χ4n) is 2.99. The maximum Gasteiger partial charge on any atom is 0.254 e. The lowest BCUT2D eigenvalue weighted by atomic mass is 10.1. The number of anilines is 2. The molecule has 3 rings (SSSR count). The zero-order valence-corrected chi connectivity index (χ0v) is 17.7. The van der Waals surface area contributed by atoms with Gasteiger partial charge in [0.05, 0.1) is 11.3 Å². The van der Waals surface area contributed by atoms with Crippen molar-refractivity contribution in [2.45, 2.75) is 25.8 Å². The summed E-state index contributed by atoms with van der Waals surface area (Å²) < 4.78 is 0. The van der Waals surface area contributed by atoms with E-state index in [0.29, 0.717) is 22.7 Å². The summed E-state index contributed by atoms with van der Waals surface area (Å²) in [5, 5.41) is 17.0. The quantitative estimate of drug-likeness (QED) is 0.630. The van der Waals surface area contributed by atoms with Gasteiger partial charge in [-0.05, 0) is 43.2 Å². The molecule has 1 aliphatic rings. The molecular weight excluding hydrogens is 410 g/mol. The van der Waals surface area contributed by atoms with Gasteiger partial charge in [0, 0.05) is 16.4 Å². The van der Waals surface area contributed by atoms with Crippen LogP contribution in [0, 0.1) is 6.92 Å². The summed E-state index contributed by atoms with van der Waals surface area (Å²) >= 11 is 7.31. The number of carbonyl (C=O) groups is 2. The van der Waals surface area contributed by atoms with E-state index in [0.717, 1.165) is 11.3 Å². The Balaban J connectivity index is 1.76. The first-order valence-corrected chi connectivity index (χ1v) is 10.6. The smallest absolute Gasteiger partial charge is 0.254 e. The standard InChI is InChI=1S/C21H22ClN3O3S/c1-3-15-19(27)24-21(25(20(15)28)14-8-5-4-6-9-14)29-12-18(26)23-17-11-7-10-16(22)13(17)2/h4-11,21,28H,3,12H2,1-2H3,(H,23,26)(H,24,27). The highest BCUT2D eigenvalue weighted by molar-refractivity contribution is 8.00. The number of hydrogen-bond acceptors (Lipinski definition) is 5. The molecule has 3 N–H and O–H groups in total. The Labute approximate surface area is 178 Å². The number of thioether (sulfide) groups is 1. The van der Waals surface area contributed by atoms with Gasteiger partial charge in [-0.3, -0.25) is 14.5 Å². The molecule has 2 aromatic carbocycles. The van der Waals surface area contributed by atoms with Crippen LogP contribution >= 0.6 is 23.4 Å². The van der Waals surface area contributed by atoms with Crippen molar-refractivity contribution in [3.63, 3.8) is 0 Å². The first-order chi connectivity index (χ1) is 13.9. The molecule has 0 aromatic heterocycles. The fourth-order valence-corrected chi connectivity index (χ4v) is 4.10. The second kappa shape index (κ2) is 9.24. The Morgan fingerprint density at radius 3 is 2.66 bits per heavy atom. The number of hydrogen-bond donors (Lipinski definition) is 3. The maximum atomic E-state index is 12.5. The Morgan fingerprint density at radius 2 is 1.97 bits per heavy atom. The molecule has 2 aromatic rings. The number of halogens is 1. The van der Waals surface area contributed by atoms with Crippen LogP contribution < -0.4 is 15.5 Å². The van der Waals surface area contributed by atoms with Crippen molar-refractivity contribution in [2.24, 2.45) is 0 Å². The van der Waals surface area contributed by atoms with Crippen molar-refractivity contribution in [1.82, 2.24) is 5.32 Å². The predicted octanol–water partition coefficient (Wildman–Crippen LogP) is 4.42. The summed E-state index contributed by atoms with van der Waals surface area (Å²) in [6, 6.07) is 14.6. The van der Waals surface area contributed by atoms with Crippen LogP contribution in [-0.2, 0) is 9.59 Å². The number of para-hydroxylation sites is 1. The minimum atomic E-state index is -0.619. The molecule has 0 fully saturated rings. The normalized spacial score (nSPS) is 16.6. The number of carbonyl (C=O) groups excluding carboxylic acids is 2. The molecule has 152 valence electrons. The van der Waals surface area contributed by atoms with Crippen molar-refractivity contribution >= 4 is 46.6 Å². The zero-order chi connectivity index (χ0) is 21.0. The Hall–Kier alpha value is -2.64. The molecule has 0 radical (unpaired) electrons. The molecule has 1 unspecified atom stereocenters. The predicted molar refractivity (Wildman–Crippen MR) is 118 cm³/mol. The van der Waals surface area contributed by atoms with Gasteiger partial charge in [-0.2, -0.15) is 0 Å². The van der Waals surface area contributed by atoms with Crippen molar-refractivity contribution < 1.29 is 14.7 Å². The summed E-state index contributed by atoms with van der Waals surface area (Å²) in [7, 11) is 0. The van der Waals surface area contributed by atoms with Crippen LogP contribution in [0.3, 0.4) is 0 Å². The van der Waals surface area contributed by atoms with Crippen LogP contribution in [0.4, 0.5) is 11.4 Å². The van der Waals surface area contributed by atoms with Gasteiger partial charge in [0.25, 0.3) is 5.91 Å². The lowest BCUT2D eigenvalue weighted by Crippen LogP contribution is -2.52. The van der Waals surface area contributed by atoms with E-state index in [9.17, 15) is 14.7 Å². The number of rotatable bonds is 6. The van der Waals surface area contributed by atoms with Gasteiger partial charge < -0.3 is 15.7 Å². The number of aliphatic hydroxyl groups is 1. The average molecular weight is 432 g/mol. The topological polar surface area (TPSA) is 81.7 Å². The molecule has 0 bridgehead atoms. The van der Waals surface area contributed by atoms with E-state index < -0.39 is 5.50 Å². The lowest BCUT2D eigenvalue weighted by Gasteiger charge is -2.37. The molecule has 0 aliphatic carbocycles. The van der Waals surface area contributed by atoms with Crippen LogP contribution in [0.15, 0.2) is 60.0 Å². The van der Waals surface area contributed by atoms with Gasteiger partial charge in [0.15, 0.2) is 5.50 Å². The highest BCUT2D eigenvalue weighted by Crippen LogP contribution is 2.31. The zero-order valence-electron chi connectivity index (χ0n) is 16.1. The Kier molecular flexibility index (Phi) is 6.71. The minimum Gasteiger partial charge on any atom is -0.494 e. The lowest BCUT2D eigenvalue weighted by molar-refractivity contribution is -0.118. The molecule has 1 heterocycles. The van der Waals surface area contributed by atoms with E-state index >= 15 is 0 Å². The third kappa shape index (κ3) is 4.68. The number of nitrogens with zero attached hydrogens (tertiary/aromatic N) is 1. The van der Waals surface area contributed by atoms with Crippen LogP contribution in [0.5, 0.6) is 0 Å². The van der Waals surface area contributed by atoms with Crippen molar-refractivity contribution in [1.29, 1.82) is 0 Å². The van der Waals surface area contributed by atoms with Crippen LogP contribution in [0.2, 0.25) is 5.02 Å². The first-order valence-electron chi connectivity index (χ1n) is 9.16. The maximum absolute atomic E-state index is 12.5. The fraction of sp³-hybridized carbons (Fsp3) is 0.238. The van der Waals surface area contributed by atoms with E-state index in [1.807, 2.05) is 44.2 Å². The van der Waals surface area contributed by atoms with Crippen LogP contribution in [-0.4, -0.2) is 28.2 Å². The van der Waals surface area contributed by atoms with E-state index in [1.54, 1.807) is 23.1 Å². The van der Waals surface area contributed by atoms with Crippen molar-refractivity contribution in [3.8, 4) is 0 Å². The SMILES string of the molecule is CCC1=C(O)N(c2ccccc2)C(SCC(=O)Nc2cccc(Cl)c2C)NC1=O. The molecule has 8 heteroatoms. The van der Waals surface area contributed by atoms with Gasteiger partial charge in [0.1, 0.15) is 0 Å². The molecule has 2 amide bonds. The van der Waals surface area contributed by atoms with Crippen molar-refractivity contribution in [3.05, 3.63) is 70.6 Å². The minimum absolute atomic E-state index is 0.0783. The third-order valence-corrected chi connectivity index (χ3v) is 6.05. The third-order valence-electron chi connectivity index (χ3n) is 4.56. The van der Waals surface area contributed by atoms with Crippen LogP contribution in [0.1, 0.15) is 18.9 Å². The molecule has 6 nitrogen and oxygen atoms in total. The second-order valence-corrected chi connectivity index (χ2v) is 7.93. The van der Waals surface area contributed by atoms with Gasteiger partial charge >= 0.3 is 0 Å². The van der Waals surface area contributed by atoms with Gasteiger partial charge in [0.2, 0.25) is 11.8 Å². The largest absolute Gasteiger partial charge is 0.494 e. The Bertz CT molecular complexity index is 949. The molecule has 0 saturated carbocycles. The molecular formula is C21H22ClN3O3S. The summed E-state index contributed by atoms with van der Waals surface area (Å²) in [5.74, 6) is -0.575. The number of benzene rings is 2. The number of aliphatic hydroxyl groups excluding tert-OH is 1. The first kappa shape index (κ1) is 21.1. The average Bonchev–Trinajstić information content (AvgIpc) is 2.70. The highest BCUT2D eigenvalue weighted by atomic mass is 35.5.